The van der Waals surface area contributed by atoms with Crippen LogP contribution in [-0.2, 0) is 9.53 Å². The lowest BCUT2D eigenvalue weighted by Gasteiger charge is -2.29. The minimum Gasteiger partial charge on any atom is -0.454 e. The monoisotopic (exact) mass is 331 g/mol. The molecule has 1 aromatic carbocycles. The van der Waals surface area contributed by atoms with Crippen LogP contribution in [0.2, 0.25) is 0 Å². The minimum atomic E-state index is 0.0312. The van der Waals surface area contributed by atoms with Crippen LogP contribution >= 0.6 is 0 Å². The van der Waals surface area contributed by atoms with E-state index in [-0.39, 0.29) is 18.8 Å². The van der Waals surface area contributed by atoms with E-state index in [0.717, 1.165) is 49.5 Å². The lowest BCUT2D eigenvalue weighted by Crippen LogP contribution is -2.39. The van der Waals surface area contributed by atoms with Gasteiger partial charge in [-0.1, -0.05) is 13.0 Å². The SMILES string of the molecule is CCCN(CC1CCCCO1)C(=O)C=Cc1ccc2c(c1)OCO2. The van der Waals surface area contributed by atoms with Crippen molar-refractivity contribution in [2.75, 3.05) is 26.5 Å². The normalized spacial score (nSPS) is 19.6. The third-order valence-corrected chi connectivity index (χ3v) is 4.32. The van der Waals surface area contributed by atoms with Crippen LogP contribution in [0.1, 0.15) is 38.2 Å². The second-order valence-electron chi connectivity index (χ2n) is 6.22. The number of benzene rings is 1. The fourth-order valence-electron chi connectivity index (χ4n) is 3.05. The number of hydrogen-bond acceptors (Lipinski definition) is 4. The molecule has 2 heterocycles. The predicted octanol–water partition coefficient (Wildman–Crippen LogP) is 3.24. The number of hydrogen-bond donors (Lipinski definition) is 0. The van der Waals surface area contributed by atoms with E-state index in [1.807, 2.05) is 29.2 Å². The highest BCUT2D eigenvalue weighted by Gasteiger charge is 2.20. The molecule has 3 rings (SSSR count). The smallest absolute Gasteiger partial charge is 0.246 e. The van der Waals surface area contributed by atoms with Crippen molar-refractivity contribution in [2.24, 2.45) is 0 Å². The molecule has 1 amide bonds. The minimum absolute atomic E-state index is 0.0312. The summed E-state index contributed by atoms with van der Waals surface area (Å²) in [5.41, 5.74) is 0.929. The quantitative estimate of drug-likeness (QED) is 0.751. The summed E-state index contributed by atoms with van der Waals surface area (Å²) in [6, 6.07) is 5.68. The van der Waals surface area contributed by atoms with Crippen LogP contribution in [-0.4, -0.2) is 43.4 Å². The van der Waals surface area contributed by atoms with Gasteiger partial charge < -0.3 is 19.1 Å². The van der Waals surface area contributed by atoms with Crippen molar-refractivity contribution < 1.29 is 19.0 Å². The van der Waals surface area contributed by atoms with Crippen molar-refractivity contribution in [1.82, 2.24) is 4.90 Å². The van der Waals surface area contributed by atoms with Crippen molar-refractivity contribution in [2.45, 2.75) is 38.7 Å². The number of ether oxygens (including phenoxy) is 3. The van der Waals surface area contributed by atoms with Crippen molar-refractivity contribution in [3.8, 4) is 11.5 Å². The maximum Gasteiger partial charge on any atom is 0.246 e. The molecule has 2 aliphatic rings. The van der Waals surface area contributed by atoms with E-state index in [1.54, 1.807) is 6.08 Å². The molecule has 1 fully saturated rings. The second kappa shape index (κ2) is 8.20. The first-order chi connectivity index (χ1) is 11.8. The zero-order valence-corrected chi connectivity index (χ0v) is 14.2. The van der Waals surface area contributed by atoms with Gasteiger partial charge in [-0.2, -0.15) is 0 Å². The van der Waals surface area contributed by atoms with Gasteiger partial charge in [-0.25, -0.2) is 0 Å². The molecule has 130 valence electrons. The molecule has 0 spiro atoms. The Balaban J connectivity index is 1.61. The molecule has 0 radical (unpaired) electrons. The Bertz CT molecular complexity index is 593. The maximum absolute atomic E-state index is 12.5. The summed E-state index contributed by atoms with van der Waals surface area (Å²) < 4.78 is 16.4. The van der Waals surface area contributed by atoms with Gasteiger partial charge >= 0.3 is 0 Å². The fourth-order valence-corrected chi connectivity index (χ4v) is 3.05. The van der Waals surface area contributed by atoms with Gasteiger partial charge in [-0.05, 0) is 49.5 Å². The molecule has 5 heteroatoms. The van der Waals surface area contributed by atoms with E-state index in [1.165, 1.54) is 6.42 Å². The molecule has 24 heavy (non-hydrogen) atoms. The molecule has 0 aromatic heterocycles. The first-order valence-electron chi connectivity index (χ1n) is 8.74. The third kappa shape index (κ3) is 4.29. The van der Waals surface area contributed by atoms with E-state index in [0.29, 0.717) is 6.54 Å². The molecule has 0 N–H and O–H groups in total. The summed E-state index contributed by atoms with van der Waals surface area (Å²) in [5.74, 6) is 1.51. The van der Waals surface area contributed by atoms with Crippen LogP contribution in [0.5, 0.6) is 11.5 Å². The van der Waals surface area contributed by atoms with Crippen molar-refractivity contribution in [1.29, 1.82) is 0 Å². The third-order valence-electron chi connectivity index (χ3n) is 4.32. The lowest BCUT2D eigenvalue weighted by molar-refractivity contribution is -0.128. The van der Waals surface area contributed by atoms with Gasteiger partial charge in [0, 0.05) is 25.8 Å². The van der Waals surface area contributed by atoms with Crippen LogP contribution in [0.25, 0.3) is 6.08 Å². The van der Waals surface area contributed by atoms with Crippen LogP contribution in [0.15, 0.2) is 24.3 Å². The first kappa shape index (κ1) is 16.8. The Labute approximate surface area is 143 Å². The topological polar surface area (TPSA) is 48.0 Å². The van der Waals surface area contributed by atoms with Gasteiger partial charge in [-0.15, -0.1) is 0 Å². The molecule has 0 bridgehead atoms. The van der Waals surface area contributed by atoms with E-state index >= 15 is 0 Å². The molecule has 0 saturated carbocycles. The highest BCUT2D eigenvalue weighted by Crippen LogP contribution is 2.32. The Hall–Kier alpha value is -2.01. The van der Waals surface area contributed by atoms with E-state index in [4.69, 9.17) is 14.2 Å². The molecular weight excluding hydrogens is 306 g/mol. The summed E-state index contributed by atoms with van der Waals surface area (Å²) in [5, 5.41) is 0. The Kier molecular flexibility index (Phi) is 5.75. The van der Waals surface area contributed by atoms with Crippen molar-refractivity contribution >= 4 is 12.0 Å². The highest BCUT2D eigenvalue weighted by molar-refractivity contribution is 5.91. The van der Waals surface area contributed by atoms with E-state index in [9.17, 15) is 4.79 Å². The predicted molar refractivity (Wildman–Crippen MR) is 92.1 cm³/mol. The summed E-state index contributed by atoms with van der Waals surface area (Å²) in [7, 11) is 0. The zero-order chi connectivity index (χ0) is 16.8. The zero-order valence-electron chi connectivity index (χ0n) is 14.2. The Morgan fingerprint density at radius 2 is 2.17 bits per heavy atom. The number of nitrogens with zero attached hydrogens (tertiary/aromatic N) is 1. The lowest BCUT2D eigenvalue weighted by atomic mass is 10.1. The number of amides is 1. The van der Waals surface area contributed by atoms with Gasteiger partial charge in [0.25, 0.3) is 0 Å². The summed E-state index contributed by atoms with van der Waals surface area (Å²) >= 11 is 0. The van der Waals surface area contributed by atoms with E-state index in [2.05, 4.69) is 6.92 Å². The summed E-state index contributed by atoms with van der Waals surface area (Å²) in [6.07, 6.45) is 7.93. The molecule has 0 aliphatic carbocycles. The van der Waals surface area contributed by atoms with Gasteiger partial charge in [0.05, 0.1) is 6.10 Å². The maximum atomic E-state index is 12.5. The standard InChI is InChI=1S/C19H25NO4/c1-2-10-20(13-16-5-3-4-11-22-16)19(21)9-7-15-6-8-17-18(12-15)24-14-23-17/h6-9,12,16H,2-5,10-11,13-14H2,1H3. The van der Waals surface area contributed by atoms with Gasteiger partial charge in [0.1, 0.15) is 0 Å². The molecule has 1 aromatic rings. The van der Waals surface area contributed by atoms with Gasteiger partial charge in [0.15, 0.2) is 11.5 Å². The first-order valence-corrected chi connectivity index (χ1v) is 8.74. The van der Waals surface area contributed by atoms with Gasteiger partial charge in [0.2, 0.25) is 12.7 Å². The summed E-state index contributed by atoms with van der Waals surface area (Å²) in [4.78, 5) is 14.4. The highest BCUT2D eigenvalue weighted by atomic mass is 16.7. The molecule has 1 unspecified atom stereocenters. The average molecular weight is 331 g/mol. The number of carbonyl (C=O) groups is 1. The number of rotatable bonds is 6. The van der Waals surface area contributed by atoms with E-state index < -0.39 is 0 Å². The fraction of sp³-hybridized carbons (Fsp3) is 0.526. The molecule has 1 saturated heterocycles. The Morgan fingerprint density at radius 1 is 1.29 bits per heavy atom. The molecular formula is C19H25NO4. The Morgan fingerprint density at radius 3 is 2.96 bits per heavy atom. The molecule has 5 nitrogen and oxygen atoms in total. The second-order valence-corrected chi connectivity index (χ2v) is 6.22. The number of fused-ring (bicyclic) bond motifs is 1. The number of carbonyl (C=O) groups excluding carboxylic acids is 1. The van der Waals surface area contributed by atoms with Gasteiger partial charge in [-0.3, -0.25) is 4.79 Å². The average Bonchev–Trinajstić information content (AvgIpc) is 3.08. The van der Waals surface area contributed by atoms with Crippen LogP contribution < -0.4 is 9.47 Å². The molecule has 2 aliphatic heterocycles. The van der Waals surface area contributed by atoms with Crippen molar-refractivity contribution in [3.63, 3.8) is 0 Å². The van der Waals surface area contributed by atoms with Crippen molar-refractivity contribution in [3.05, 3.63) is 29.8 Å². The largest absolute Gasteiger partial charge is 0.454 e. The summed E-state index contributed by atoms with van der Waals surface area (Å²) in [6.45, 7) is 4.59. The molecule has 1 atom stereocenters. The van der Waals surface area contributed by atoms with Crippen LogP contribution in [0.4, 0.5) is 0 Å². The van der Waals surface area contributed by atoms with Crippen LogP contribution in [0.3, 0.4) is 0 Å². The van der Waals surface area contributed by atoms with Crippen LogP contribution in [0, 0.1) is 0 Å².